The molecule has 1 aromatic heterocycles. The Morgan fingerprint density at radius 2 is 2.05 bits per heavy atom. The van der Waals surface area contributed by atoms with Gasteiger partial charge in [-0.2, -0.15) is 0 Å². The van der Waals surface area contributed by atoms with Crippen molar-refractivity contribution in [3.63, 3.8) is 0 Å². The van der Waals surface area contributed by atoms with E-state index in [1.807, 2.05) is 30.5 Å². The highest BCUT2D eigenvalue weighted by molar-refractivity contribution is 6.01. The Labute approximate surface area is 131 Å². The highest BCUT2D eigenvalue weighted by Crippen LogP contribution is 2.23. The van der Waals surface area contributed by atoms with Crippen molar-refractivity contribution >= 4 is 34.9 Å². The standard InChI is InChI=1S/C16H21N3O.ClH/c20-16(5-4-12-6-9-17-10-7-12)19-15-3-1-2-14-13(15)8-11-18-14;/h1-3,8,11-12,17-18H,4-7,9-10H2,(H,19,20);1H. The van der Waals surface area contributed by atoms with Crippen molar-refractivity contribution in [2.75, 3.05) is 18.4 Å². The number of H-pyrrole nitrogens is 1. The van der Waals surface area contributed by atoms with Gasteiger partial charge in [0.25, 0.3) is 0 Å². The first-order valence-corrected chi connectivity index (χ1v) is 7.39. The molecule has 1 aromatic carbocycles. The lowest BCUT2D eigenvalue weighted by atomic mass is 9.93. The van der Waals surface area contributed by atoms with E-state index in [-0.39, 0.29) is 18.3 Å². The molecule has 5 heteroatoms. The number of hydrogen-bond donors (Lipinski definition) is 3. The Kier molecular flexibility index (Phi) is 5.65. The average molecular weight is 308 g/mol. The first kappa shape index (κ1) is 15.9. The van der Waals surface area contributed by atoms with Gasteiger partial charge in [-0.25, -0.2) is 0 Å². The quantitative estimate of drug-likeness (QED) is 0.811. The van der Waals surface area contributed by atoms with Crippen LogP contribution in [0.5, 0.6) is 0 Å². The van der Waals surface area contributed by atoms with Crippen LogP contribution in [-0.4, -0.2) is 24.0 Å². The lowest BCUT2D eigenvalue weighted by molar-refractivity contribution is -0.116. The SMILES string of the molecule is Cl.O=C(CCC1CCNCC1)Nc1cccc2[nH]ccc12. The summed E-state index contributed by atoms with van der Waals surface area (Å²) in [5, 5.41) is 7.46. The average Bonchev–Trinajstić information content (AvgIpc) is 2.96. The number of carbonyl (C=O) groups is 1. The number of anilines is 1. The van der Waals surface area contributed by atoms with Gasteiger partial charge in [-0.05, 0) is 56.5 Å². The molecule has 0 saturated carbocycles. The third kappa shape index (κ3) is 3.99. The fraction of sp³-hybridized carbons (Fsp3) is 0.438. The maximum Gasteiger partial charge on any atom is 0.224 e. The molecule has 3 N–H and O–H groups in total. The predicted molar refractivity (Wildman–Crippen MR) is 89.0 cm³/mol. The number of amides is 1. The minimum atomic E-state index is 0. The first-order chi connectivity index (χ1) is 9.83. The number of halogens is 1. The van der Waals surface area contributed by atoms with E-state index in [1.165, 1.54) is 12.8 Å². The molecule has 1 saturated heterocycles. The Morgan fingerprint density at radius 1 is 1.24 bits per heavy atom. The molecule has 1 aliphatic rings. The number of aromatic amines is 1. The zero-order valence-electron chi connectivity index (χ0n) is 12.0. The van der Waals surface area contributed by atoms with E-state index in [2.05, 4.69) is 15.6 Å². The van der Waals surface area contributed by atoms with E-state index in [4.69, 9.17) is 0 Å². The van der Waals surface area contributed by atoms with Crippen LogP contribution in [0.4, 0.5) is 5.69 Å². The fourth-order valence-electron chi connectivity index (χ4n) is 2.91. The van der Waals surface area contributed by atoms with Crippen LogP contribution in [-0.2, 0) is 4.79 Å². The number of piperidine rings is 1. The van der Waals surface area contributed by atoms with Crippen molar-refractivity contribution in [1.82, 2.24) is 10.3 Å². The summed E-state index contributed by atoms with van der Waals surface area (Å²) in [6, 6.07) is 7.93. The molecular weight excluding hydrogens is 286 g/mol. The minimum absolute atomic E-state index is 0. The van der Waals surface area contributed by atoms with Gasteiger partial charge in [-0.3, -0.25) is 4.79 Å². The highest BCUT2D eigenvalue weighted by atomic mass is 35.5. The van der Waals surface area contributed by atoms with Crippen molar-refractivity contribution in [3.05, 3.63) is 30.5 Å². The van der Waals surface area contributed by atoms with Crippen LogP contribution in [0.2, 0.25) is 0 Å². The van der Waals surface area contributed by atoms with Gasteiger partial charge in [-0.1, -0.05) is 6.07 Å². The van der Waals surface area contributed by atoms with Crippen LogP contribution in [0.15, 0.2) is 30.5 Å². The fourth-order valence-corrected chi connectivity index (χ4v) is 2.91. The molecule has 2 heterocycles. The van der Waals surface area contributed by atoms with E-state index in [1.54, 1.807) is 0 Å². The molecular formula is C16H22ClN3O. The second-order valence-electron chi connectivity index (χ2n) is 5.52. The molecule has 0 atom stereocenters. The van der Waals surface area contributed by atoms with Crippen LogP contribution in [0.25, 0.3) is 10.9 Å². The summed E-state index contributed by atoms with van der Waals surface area (Å²) in [4.78, 5) is 15.2. The van der Waals surface area contributed by atoms with Gasteiger partial charge in [-0.15, -0.1) is 12.4 Å². The molecule has 2 aromatic rings. The molecule has 3 rings (SSSR count). The molecule has 0 spiro atoms. The van der Waals surface area contributed by atoms with Crippen LogP contribution >= 0.6 is 12.4 Å². The second-order valence-corrected chi connectivity index (χ2v) is 5.52. The van der Waals surface area contributed by atoms with Crippen LogP contribution < -0.4 is 10.6 Å². The van der Waals surface area contributed by atoms with Crippen LogP contribution in [0, 0.1) is 5.92 Å². The van der Waals surface area contributed by atoms with Gasteiger partial charge < -0.3 is 15.6 Å². The molecule has 0 unspecified atom stereocenters. The Hall–Kier alpha value is -1.52. The summed E-state index contributed by atoms with van der Waals surface area (Å²) in [5.74, 6) is 0.822. The number of nitrogens with one attached hydrogen (secondary N) is 3. The predicted octanol–water partition coefficient (Wildman–Crippen LogP) is 3.31. The number of rotatable bonds is 4. The molecule has 1 aliphatic heterocycles. The summed E-state index contributed by atoms with van der Waals surface area (Å²) in [6.45, 7) is 2.18. The molecule has 114 valence electrons. The topological polar surface area (TPSA) is 56.9 Å². The Balaban J connectivity index is 0.00000161. The third-order valence-electron chi connectivity index (χ3n) is 4.11. The first-order valence-electron chi connectivity index (χ1n) is 7.39. The molecule has 1 amide bonds. The summed E-state index contributed by atoms with van der Waals surface area (Å²) >= 11 is 0. The lowest BCUT2D eigenvalue weighted by Crippen LogP contribution is -2.28. The van der Waals surface area contributed by atoms with Gasteiger partial charge in [0.05, 0.1) is 5.69 Å². The van der Waals surface area contributed by atoms with Gasteiger partial charge in [0.1, 0.15) is 0 Å². The summed E-state index contributed by atoms with van der Waals surface area (Å²) in [5.41, 5.74) is 1.96. The zero-order chi connectivity index (χ0) is 13.8. The molecule has 0 bridgehead atoms. The van der Waals surface area contributed by atoms with Crippen molar-refractivity contribution < 1.29 is 4.79 Å². The lowest BCUT2D eigenvalue weighted by Gasteiger charge is -2.22. The maximum atomic E-state index is 12.1. The highest BCUT2D eigenvalue weighted by Gasteiger charge is 2.14. The van der Waals surface area contributed by atoms with Crippen LogP contribution in [0.3, 0.4) is 0 Å². The largest absolute Gasteiger partial charge is 0.361 e. The monoisotopic (exact) mass is 307 g/mol. The number of aromatic nitrogens is 1. The van der Waals surface area contributed by atoms with Gasteiger partial charge in [0.2, 0.25) is 5.91 Å². The van der Waals surface area contributed by atoms with Crippen molar-refractivity contribution in [1.29, 1.82) is 0 Å². The van der Waals surface area contributed by atoms with E-state index in [0.29, 0.717) is 12.3 Å². The van der Waals surface area contributed by atoms with E-state index >= 15 is 0 Å². The molecule has 0 aliphatic carbocycles. The number of carbonyl (C=O) groups excluding carboxylic acids is 1. The molecule has 0 radical (unpaired) electrons. The molecule has 4 nitrogen and oxygen atoms in total. The van der Waals surface area contributed by atoms with E-state index in [9.17, 15) is 4.79 Å². The number of fused-ring (bicyclic) bond motifs is 1. The second kappa shape index (κ2) is 7.48. The molecule has 1 fully saturated rings. The summed E-state index contributed by atoms with van der Waals surface area (Å²) in [7, 11) is 0. The Morgan fingerprint density at radius 3 is 2.86 bits per heavy atom. The number of hydrogen-bond acceptors (Lipinski definition) is 2. The van der Waals surface area contributed by atoms with Crippen molar-refractivity contribution in [3.8, 4) is 0 Å². The number of benzene rings is 1. The van der Waals surface area contributed by atoms with Crippen molar-refractivity contribution in [2.24, 2.45) is 5.92 Å². The van der Waals surface area contributed by atoms with Crippen LogP contribution in [0.1, 0.15) is 25.7 Å². The Bertz CT molecular complexity index is 590. The summed E-state index contributed by atoms with van der Waals surface area (Å²) in [6.07, 6.45) is 5.90. The maximum absolute atomic E-state index is 12.1. The smallest absolute Gasteiger partial charge is 0.224 e. The van der Waals surface area contributed by atoms with E-state index < -0.39 is 0 Å². The third-order valence-corrected chi connectivity index (χ3v) is 4.11. The summed E-state index contributed by atoms with van der Waals surface area (Å²) < 4.78 is 0. The van der Waals surface area contributed by atoms with Gasteiger partial charge >= 0.3 is 0 Å². The van der Waals surface area contributed by atoms with Crippen molar-refractivity contribution in [2.45, 2.75) is 25.7 Å². The minimum Gasteiger partial charge on any atom is -0.361 e. The van der Waals surface area contributed by atoms with E-state index in [0.717, 1.165) is 36.1 Å². The molecule has 21 heavy (non-hydrogen) atoms. The normalized spacial score (nSPS) is 15.6. The van der Waals surface area contributed by atoms with Gasteiger partial charge in [0.15, 0.2) is 0 Å². The zero-order valence-corrected chi connectivity index (χ0v) is 12.8. The van der Waals surface area contributed by atoms with Gasteiger partial charge in [0, 0.05) is 23.5 Å².